The summed E-state index contributed by atoms with van der Waals surface area (Å²) in [7, 11) is 0.318. The van der Waals surface area contributed by atoms with Gasteiger partial charge in [0, 0.05) is 30.8 Å². The zero-order valence-electron chi connectivity index (χ0n) is 33.6. The Morgan fingerprint density at radius 1 is 0.707 bits per heavy atom. The first kappa shape index (κ1) is 42.7. The van der Waals surface area contributed by atoms with Crippen molar-refractivity contribution in [3.8, 4) is 5.75 Å². The smallest absolute Gasteiger partial charge is 0.333 e. The van der Waals surface area contributed by atoms with Gasteiger partial charge in [-0.2, -0.15) is 4.99 Å². The van der Waals surface area contributed by atoms with E-state index in [1.807, 2.05) is 38.0 Å². The first-order chi connectivity index (χ1) is 27.6. The van der Waals surface area contributed by atoms with E-state index in [-0.39, 0.29) is 9.79 Å². The van der Waals surface area contributed by atoms with Crippen LogP contribution in [0.3, 0.4) is 0 Å². The molecule has 2 amide bonds. The molecule has 4 aromatic rings. The Morgan fingerprint density at radius 3 is 1.69 bits per heavy atom. The van der Waals surface area contributed by atoms with E-state index in [2.05, 4.69) is 27.2 Å². The van der Waals surface area contributed by atoms with Crippen LogP contribution < -0.4 is 19.9 Å². The van der Waals surface area contributed by atoms with Gasteiger partial charge in [-0.15, -0.1) is 0 Å². The zero-order valence-corrected chi connectivity index (χ0v) is 35.2. The van der Waals surface area contributed by atoms with Crippen LogP contribution in [0.15, 0.2) is 75.4 Å². The van der Waals surface area contributed by atoms with Gasteiger partial charge < -0.3 is 19.9 Å². The number of nitrogens with zero attached hydrogens (tertiary/aromatic N) is 3. The minimum atomic E-state index is -3.93. The lowest BCUT2D eigenvalue weighted by molar-refractivity contribution is 0.256. The molecular formula is C43H52N6O7S2. The third kappa shape index (κ3) is 10.4. The second kappa shape index (κ2) is 18.4. The minimum Gasteiger partial charge on any atom is -0.491 e. The van der Waals surface area contributed by atoms with Crippen LogP contribution in [0.4, 0.5) is 16.2 Å². The Kier molecular flexibility index (Phi) is 13.5. The van der Waals surface area contributed by atoms with Crippen LogP contribution in [0.25, 0.3) is 0 Å². The number of sulfonamides is 2. The molecule has 4 N–H and O–H groups in total. The first-order valence-corrected chi connectivity index (χ1v) is 22.5. The Morgan fingerprint density at radius 2 is 1.19 bits per heavy atom. The van der Waals surface area contributed by atoms with Gasteiger partial charge in [0.2, 0.25) is 16.1 Å². The second-order valence-corrected chi connectivity index (χ2v) is 18.9. The summed E-state index contributed by atoms with van der Waals surface area (Å²) in [5.41, 5.74) is 12.3. The number of nitrogens with two attached hydrogens (primary N) is 1. The van der Waals surface area contributed by atoms with Crippen molar-refractivity contribution in [2.75, 3.05) is 40.1 Å². The number of carbonyl (C=O) groups is 1. The highest BCUT2D eigenvalue weighted by atomic mass is 32.2. The molecule has 15 heteroatoms. The summed E-state index contributed by atoms with van der Waals surface area (Å²) in [5.74, 6) is 0.819. The molecule has 58 heavy (non-hydrogen) atoms. The lowest BCUT2D eigenvalue weighted by Crippen LogP contribution is -2.35. The van der Waals surface area contributed by atoms with E-state index in [9.17, 15) is 26.4 Å². The van der Waals surface area contributed by atoms with Crippen molar-refractivity contribution in [2.24, 2.45) is 10.1 Å². The number of urea groups is 1. The SMILES string of the molecule is CN(C)Cc1ccc(S(=O)(=O)NC(=O)Nc2c3c(cc4c2CCC4)CCC3)cc1.CN(C)Cc1ccc(S(N)(=O)=O)cc1.O=C=Nc1c2c(cc3c1OCC3)CCC2. The maximum atomic E-state index is 12.7. The molecule has 0 saturated carbocycles. The fraction of sp³-hybridized carbons (Fsp3) is 0.395. The number of ether oxygens (including phenoxy) is 1. The van der Waals surface area contributed by atoms with E-state index in [1.165, 1.54) is 63.2 Å². The number of amides is 2. The van der Waals surface area contributed by atoms with Gasteiger partial charge in [-0.1, -0.05) is 36.4 Å². The number of hydrogen-bond acceptors (Lipinski definition) is 10. The Labute approximate surface area is 341 Å². The normalized spacial score (nSPS) is 14.8. The van der Waals surface area contributed by atoms with E-state index in [0.717, 1.165) is 106 Å². The van der Waals surface area contributed by atoms with Crippen molar-refractivity contribution >= 4 is 43.5 Å². The summed E-state index contributed by atoms with van der Waals surface area (Å²) in [6, 6.07) is 17.0. The fourth-order valence-corrected chi connectivity index (χ4v) is 9.53. The number of primary sulfonamides is 1. The van der Waals surface area contributed by atoms with Crippen LogP contribution >= 0.6 is 0 Å². The number of benzene rings is 4. The summed E-state index contributed by atoms with van der Waals surface area (Å²) in [5, 5.41) is 7.84. The number of rotatable bonds is 9. The highest BCUT2D eigenvalue weighted by molar-refractivity contribution is 7.90. The standard InChI is InChI=1S/C22H27N3O3S.C12H11NO2.C9H14N2O2S/c1-25(2)14-15-9-11-18(12-10-15)29(27,28)24-22(26)23-21-19-7-3-5-16(19)13-17-6-4-8-20(17)21;14-7-13-11-10-3-1-2-8(10)6-9-4-5-15-12(9)11;1-11(2)7-8-3-5-9(6-4-8)14(10,12)13/h9-13H,3-8,14H2,1-2H3,(H2,23,24,26);6H,1-5H2;3-6H,7H2,1-2H3,(H2,10,12,13). The van der Waals surface area contributed by atoms with Gasteiger partial charge in [0.1, 0.15) is 11.4 Å². The molecule has 0 radical (unpaired) electrons. The van der Waals surface area contributed by atoms with E-state index >= 15 is 0 Å². The first-order valence-electron chi connectivity index (χ1n) is 19.5. The lowest BCUT2D eigenvalue weighted by Gasteiger charge is -2.16. The maximum absolute atomic E-state index is 12.7. The van der Waals surface area contributed by atoms with Crippen molar-refractivity contribution in [1.29, 1.82) is 0 Å². The van der Waals surface area contributed by atoms with Crippen LogP contribution in [0, 0.1) is 0 Å². The van der Waals surface area contributed by atoms with Gasteiger partial charge in [-0.25, -0.2) is 36.3 Å². The van der Waals surface area contributed by atoms with Crippen molar-refractivity contribution < 1.29 is 31.2 Å². The van der Waals surface area contributed by atoms with Gasteiger partial charge >= 0.3 is 6.03 Å². The maximum Gasteiger partial charge on any atom is 0.333 e. The van der Waals surface area contributed by atoms with E-state index in [1.54, 1.807) is 30.3 Å². The predicted molar refractivity (Wildman–Crippen MR) is 224 cm³/mol. The molecule has 4 aromatic carbocycles. The van der Waals surface area contributed by atoms with E-state index in [4.69, 9.17) is 9.88 Å². The molecule has 0 atom stereocenters. The minimum absolute atomic E-state index is 0.0821. The molecule has 4 aliphatic rings. The van der Waals surface area contributed by atoms with E-state index in [0.29, 0.717) is 6.61 Å². The largest absolute Gasteiger partial charge is 0.491 e. The number of hydrogen-bond donors (Lipinski definition) is 3. The molecule has 3 aliphatic carbocycles. The summed E-state index contributed by atoms with van der Waals surface area (Å²) in [6.45, 7) is 2.21. The average molecular weight is 829 g/mol. The average Bonchev–Trinajstić information content (AvgIpc) is 3.99. The number of fused-ring (bicyclic) bond motifs is 4. The molecule has 0 aromatic heterocycles. The third-order valence-corrected chi connectivity index (χ3v) is 12.9. The molecular weight excluding hydrogens is 777 g/mol. The Bertz CT molecular complexity index is 2360. The van der Waals surface area contributed by atoms with Crippen LogP contribution in [-0.4, -0.2) is 73.5 Å². The predicted octanol–water partition coefficient (Wildman–Crippen LogP) is 5.71. The van der Waals surface area contributed by atoms with Crippen molar-refractivity contribution in [2.45, 2.75) is 87.1 Å². The molecule has 8 rings (SSSR count). The summed E-state index contributed by atoms with van der Waals surface area (Å²) < 4.78 is 54.9. The molecule has 1 heterocycles. The summed E-state index contributed by atoms with van der Waals surface area (Å²) >= 11 is 0. The van der Waals surface area contributed by atoms with Gasteiger partial charge in [0.25, 0.3) is 10.0 Å². The quantitative estimate of drug-likeness (QED) is 0.141. The highest BCUT2D eigenvalue weighted by Gasteiger charge is 2.27. The molecule has 0 bridgehead atoms. The molecule has 308 valence electrons. The topological polar surface area (TPSA) is 181 Å². The van der Waals surface area contributed by atoms with Gasteiger partial charge in [-0.05, 0) is 155 Å². The lowest BCUT2D eigenvalue weighted by atomic mass is 9.99. The fourth-order valence-electron chi connectivity index (χ4n) is 8.11. The van der Waals surface area contributed by atoms with E-state index < -0.39 is 26.1 Å². The molecule has 13 nitrogen and oxygen atoms in total. The highest BCUT2D eigenvalue weighted by Crippen LogP contribution is 2.44. The number of carbonyl (C=O) groups excluding carboxylic acids is 2. The molecule has 0 spiro atoms. The number of aryl methyl sites for hydroxylation is 3. The Hall–Kier alpha value is -4.89. The zero-order chi connectivity index (χ0) is 41.6. The van der Waals surface area contributed by atoms with Crippen LogP contribution in [0.2, 0.25) is 0 Å². The monoisotopic (exact) mass is 828 g/mol. The van der Waals surface area contributed by atoms with Crippen LogP contribution in [0.1, 0.15) is 69.3 Å². The van der Waals surface area contributed by atoms with Crippen molar-refractivity contribution in [1.82, 2.24) is 14.5 Å². The number of anilines is 1. The third-order valence-electron chi connectivity index (χ3n) is 10.6. The molecule has 0 fully saturated rings. The number of nitrogens with one attached hydrogen (secondary N) is 2. The molecule has 0 unspecified atom stereocenters. The molecule has 1 aliphatic heterocycles. The second-order valence-electron chi connectivity index (χ2n) is 15.6. The summed E-state index contributed by atoms with van der Waals surface area (Å²) in [4.78, 5) is 31.1. The number of aliphatic imine (C=N–C) groups is 1. The summed E-state index contributed by atoms with van der Waals surface area (Å²) in [6.07, 6.45) is 11.9. The number of isocyanates is 1. The van der Waals surface area contributed by atoms with Gasteiger partial charge in [-0.3, -0.25) is 0 Å². The van der Waals surface area contributed by atoms with Crippen LogP contribution in [-0.2, 0) is 82.9 Å². The van der Waals surface area contributed by atoms with Crippen molar-refractivity contribution in [3.63, 3.8) is 0 Å². The van der Waals surface area contributed by atoms with Gasteiger partial charge in [0.15, 0.2) is 0 Å². The van der Waals surface area contributed by atoms with Crippen LogP contribution in [0.5, 0.6) is 5.75 Å². The van der Waals surface area contributed by atoms with Crippen molar-refractivity contribution in [3.05, 3.63) is 111 Å². The molecule has 0 saturated heterocycles. The van der Waals surface area contributed by atoms with Gasteiger partial charge in [0.05, 0.1) is 16.4 Å². The Balaban J connectivity index is 0.000000164.